The number of hydrogen-bond acceptors (Lipinski definition) is 8. The molecule has 3 heterocycles. The van der Waals surface area contributed by atoms with Crippen molar-refractivity contribution in [2.75, 3.05) is 41.8 Å². The number of pyridine rings is 1. The zero-order valence-electron chi connectivity index (χ0n) is 18.2. The lowest BCUT2D eigenvalue weighted by Gasteiger charge is -2.33. The summed E-state index contributed by atoms with van der Waals surface area (Å²) in [7, 11) is 0. The SMILES string of the molecule is N#Cc1c(NCCO)nc(NCc2cccnc2)nc1N1CCC(c2ccc(F)cc2)CC1. The Labute approximate surface area is 192 Å². The Morgan fingerprint density at radius 3 is 2.58 bits per heavy atom. The number of nitrogens with one attached hydrogen (secondary N) is 2. The van der Waals surface area contributed by atoms with Crippen molar-refractivity contribution in [2.45, 2.75) is 25.3 Å². The van der Waals surface area contributed by atoms with Gasteiger partial charge in [0.2, 0.25) is 5.95 Å². The molecule has 4 rings (SSSR count). The number of hydrogen-bond donors (Lipinski definition) is 3. The number of aromatic nitrogens is 3. The van der Waals surface area contributed by atoms with Crippen LogP contribution in [-0.2, 0) is 6.54 Å². The van der Waals surface area contributed by atoms with E-state index in [0.717, 1.165) is 37.1 Å². The van der Waals surface area contributed by atoms with Gasteiger partial charge in [0.1, 0.15) is 17.4 Å². The Kier molecular flexibility index (Phi) is 7.27. The van der Waals surface area contributed by atoms with Crippen molar-refractivity contribution in [2.24, 2.45) is 0 Å². The number of anilines is 3. The molecule has 0 bridgehead atoms. The first-order valence-corrected chi connectivity index (χ1v) is 11.0. The summed E-state index contributed by atoms with van der Waals surface area (Å²) in [5.74, 6) is 1.47. The van der Waals surface area contributed by atoms with Crippen LogP contribution in [0.15, 0.2) is 48.8 Å². The predicted molar refractivity (Wildman–Crippen MR) is 124 cm³/mol. The van der Waals surface area contributed by atoms with Crippen LogP contribution in [0.1, 0.15) is 35.4 Å². The van der Waals surface area contributed by atoms with Gasteiger partial charge in [-0.1, -0.05) is 18.2 Å². The van der Waals surface area contributed by atoms with Crippen LogP contribution < -0.4 is 15.5 Å². The molecule has 3 aromatic rings. The smallest absolute Gasteiger partial charge is 0.226 e. The lowest BCUT2D eigenvalue weighted by molar-refractivity contribution is 0.311. The average Bonchev–Trinajstić information content (AvgIpc) is 2.87. The Bertz CT molecular complexity index is 1090. The van der Waals surface area contributed by atoms with Crippen LogP contribution in [-0.4, -0.2) is 46.3 Å². The van der Waals surface area contributed by atoms with Gasteiger partial charge >= 0.3 is 0 Å². The Balaban J connectivity index is 1.55. The van der Waals surface area contributed by atoms with Crippen molar-refractivity contribution in [1.82, 2.24) is 15.0 Å². The number of piperidine rings is 1. The second-order valence-corrected chi connectivity index (χ2v) is 7.88. The third-order valence-electron chi connectivity index (χ3n) is 5.72. The normalized spacial score (nSPS) is 14.0. The van der Waals surface area contributed by atoms with Crippen LogP contribution in [0.4, 0.5) is 22.0 Å². The number of rotatable bonds is 8. The second-order valence-electron chi connectivity index (χ2n) is 7.88. The van der Waals surface area contributed by atoms with E-state index in [1.807, 2.05) is 24.3 Å². The maximum absolute atomic E-state index is 13.3. The number of aliphatic hydroxyl groups is 1. The van der Waals surface area contributed by atoms with E-state index in [2.05, 4.69) is 36.6 Å². The minimum absolute atomic E-state index is 0.0777. The van der Waals surface area contributed by atoms with E-state index in [-0.39, 0.29) is 19.0 Å². The molecule has 0 saturated carbocycles. The topological polar surface area (TPSA) is 110 Å². The van der Waals surface area contributed by atoms with Crippen LogP contribution in [0.25, 0.3) is 0 Å². The van der Waals surface area contributed by atoms with Gasteiger partial charge in [-0.3, -0.25) is 4.98 Å². The average molecular weight is 448 g/mol. The zero-order chi connectivity index (χ0) is 23.0. The summed E-state index contributed by atoms with van der Waals surface area (Å²) in [6.45, 7) is 2.13. The van der Waals surface area contributed by atoms with Crippen molar-refractivity contribution < 1.29 is 9.50 Å². The molecular formula is C24H26FN7O. The molecule has 1 aliphatic heterocycles. The molecule has 8 nitrogen and oxygen atoms in total. The van der Waals surface area contributed by atoms with E-state index in [0.29, 0.717) is 35.6 Å². The molecule has 1 saturated heterocycles. The highest BCUT2D eigenvalue weighted by molar-refractivity contribution is 5.68. The molecule has 9 heteroatoms. The maximum Gasteiger partial charge on any atom is 0.226 e. The highest BCUT2D eigenvalue weighted by atomic mass is 19.1. The van der Waals surface area contributed by atoms with Crippen molar-refractivity contribution in [3.63, 3.8) is 0 Å². The molecule has 0 radical (unpaired) electrons. The Morgan fingerprint density at radius 1 is 1.12 bits per heavy atom. The molecule has 1 fully saturated rings. The van der Waals surface area contributed by atoms with E-state index in [9.17, 15) is 14.8 Å². The molecule has 0 atom stereocenters. The number of nitriles is 1. The molecule has 2 aromatic heterocycles. The van der Waals surface area contributed by atoms with Gasteiger partial charge in [-0.15, -0.1) is 0 Å². The van der Waals surface area contributed by atoms with Crippen LogP contribution in [0.5, 0.6) is 0 Å². The van der Waals surface area contributed by atoms with Crippen LogP contribution >= 0.6 is 0 Å². The predicted octanol–water partition coefficient (Wildman–Crippen LogP) is 3.28. The molecule has 0 aliphatic carbocycles. The molecule has 0 unspecified atom stereocenters. The zero-order valence-corrected chi connectivity index (χ0v) is 18.2. The lowest BCUT2D eigenvalue weighted by Crippen LogP contribution is -2.34. The van der Waals surface area contributed by atoms with E-state index in [4.69, 9.17) is 0 Å². The molecule has 0 spiro atoms. The van der Waals surface area contributed by atoms with Gasteiger partial charge in [-0.05, 0) is 48.1 Å². The minimum atomic E-state index is -0.231. The van der Waals surface area contributed by atoms with E-state index in [1.54, 1.807) is 12.4 Å². The van der Waals surface area contributed by atoms with E-state index < -0.39 is 0 Å². The largest absolute Gasteiger partial charge is 0.395 e. The number of benzene rings is 1. The van der Waals surface area contributed by atoms with E-state index in [1.165, 1.54) is 12.1 Å². The summed E-state index contributed by atoms with van der Waals surface area (Å²) >= 11 is 0. The quantitative estimate of drug-likeness (QED) is 0.483. The molecule has 0 amide bonds. The van der Waals surface area contributed by atoms with Crippen molar-refractivity contribution >= 4 is 17.6 Å². The highest BCUT2D eigenvalue weighted by Crippen LogP contribution is 2.33. The van der Waals surface area contributed by atoms with E-state index >= 15 is 0 Å². The number of nitrogens with zero attached hydrogens (tertiary/aromatic N) is 5. The Morgan fingerprint density at radius 2 is 1.91 bits per heavy atom. The summed E-state index contributed by atoms with van der Waals surface area (Å²) in [5, 5.41) is 25.3. The van der Waals surface area contributed by atoms with Gasteiger partial charge in [0.25, 0.3) is 0 Å². The summed E-state index contributed by atoms with van der Waals surface area (Å²) < 4.78 is 13.3. The Hall–Kier alpha value is -3.77. The molecule has 170 valence electrons. The summed E-state index contributed by atoms with van der Waals surface area (Å²) in [4.78, 5) is 15.4. The number of halogens is 1. The van der Waals surface area contributed by atoms with Crippen LogP contribution in [0.3, 0.4) is 0 Å². The molecule has 3 N–H and O–H groups in total. The third kappa shape index (κ3) is 5.54. The van der Waals surface area contributed by atoms with Crippen molar-refractivity contribution in [3.05, 3.63) is 71.3 Å². The monoisotopic (exact) mass is 447 g/mol. The fourth-order valence-electron chi connectivity index (χ4n) is 4.01. The standard InChI is InChI=1S/C24H26FN7O/c25-20-5-3-18(4-6-20)19-7-11-32(12-8-19)23-21(14-26)22(28-10-13-33)30-24(31-23)29-16-17-2-1-9-27-15-17/h1-6,9,15,19,33H,7-8,10-13,16H2,(H2,28,29,30,31). The molecule has 1 aliphatic rings. The minimum Gasteiger partial charge on any atom is -0.395 e. The fourth-order valence-corrected chi connectivity index (χ4v) is 4.01. The van der Waals surface area contributed by atoms with Gasteiger partial charge in [0.05, 0.1) is 6.61 Å². The van der Waals surface area contributed by atoms with Crippen LogP contribution in [0.2, 0.25) is 0 Å². The summed E-state index contributed by atoms with van der Waals surface area (Å²) in [6.07, 6.45) is 5.23. The van der Waals surface area contributed by atoms with Gasteiger partial charge < -0.3 is 20.6 Å². The maximum atomic E-state index is 13.3. The molecule has 1 aromatic carbocycles. The first-order chi connectivity index (χ1) is 16.2. The van der Waals surface area contributed by atoms with Gasteiger partial charge in [0, 0.05) is 38.6 Å². The fraction of sp³-hybridized carbons (Fsp3) is 0.333. The summed E-state index contributed by atoms with van der Waals surface area (Å²) in [6, 6.07) is 12.7. The van der Waals surface area contributed by atoms with Gasteiger partial charge in [-0.2, -0.15) is 15.2 Å². The van der Waals surface area contributed by atoms with Crippen molar-refractivity contribution in [1.29, 1.82) is 5.26 Å². The number of aliphatic hydroxyl groups excluding tert-OH is 1. The van der Waals surface area contributed by atoms with Gasteiger partial charge in [-0.25, -0.2) is 4.39 Å². The molecule has 33 heavy (non-hydrogen) atoms. The van der Waals surface area contributed by atoms with Crippen molar-refractivity contribution in [3.8, 4) is 6.07 Å². The third-order valence-corrected chi connectivity index (χ3v) is 5.72. The molecular weight excluding hydrogens is 421 g/mol. The first kappa shape index (κ1) is 22.4. The highest BCUT2D eigenvalue weighted by Gasteiger charge is 2.25. The lowest BCUT2D eigenvalue weighted by atomic mass is 9.89. The van der Waals surface area contributed by atoms with Crippen LogP contribution in [0, 0.1) is 17.1 Å². The second kappa shape index (κ2) is 10.7. The first-order valence-electron chi connectivity index (χ1n) is 11.0. The van der Waals surface area contributed by atoms with Gasteiger partial charge in [0.15, 0.2) is 11.6 Å². The summed E-state index contributed by atoms with van der Waals surface area (Å²) in [5.41, 5.74) is 2.47.